The van der Waals surface area contributed by atoms with Crippen molar-refractivity contribution in [1.29, 1.82) is 0 Å². The maximum atomic E-state index is 13.5. The maximum absolute atomic E-state index is 13.5. The number of rotatable bonds is 7. The van der Waals surface area contributed by atoms with Crippen LogP contribution in [-0.4, -0.2) is 59.7 Å². The van der Waals surface area contributed by atoms with Crippen LogP contribution in [-0.2, 0) is 16.1 Å². The van der Waals surface area contributed by atoms with Crippen LogP contribution in [0.3, 0.4) is 0 Å². The predicted molar refractivity (Wildman–Crippen MR) is 163 cm³/mol. The first-order chi connectivity index (χ1) is 21.3. The quantitative estimate of drug-likeness (QED) is 0.309. The number of nitrogens with zero attached hydrogens (tertiary/aromatic N) is 2. The molecular weight excluding hydrogens is 560 g/mol. The number of amides is 3. The Bertz CT molecular complexity index is 1650. The van der Waals surface area contributed by atoms with Gasteiger partial charge in [-0.15, -0.1) is 0 Å². The molecule has 44 heavy (non-hydrogen) atoms. The lowest BCUT2D eigenvalue weighted by molar-refractivity contribution is -0.134. The van der Waals surface area contributed by atoms with Crippen LogP contribution in [0, 0.1) is 6.92 Å². The minimum atomic E-state index is -0.439. The zero-order valence-electron chi connectivity index (χ0n) is 24.6. The van der Waals surface area contributed by atoms with Gasteiger partial charge in [0.05, 0.1) is 24.1 Å². The summed E-state index contributed by atoms with van der Waals surface area (Å²) in [5.74, 6) is 0.165. The van der Waals surface area contributed by atoms with Gasteiger partial charge in [-0.2, -0.15) is 0 Å². The molecule has 0 spiro atoms. The number of carbonyl (C=O) groups is 3. The van der Waals surface area contributed by atoms with Crippen LogP contribution in [0.25, 0.3) is 11.1 Å². The van der Waals surface area contributed by atoms with E-state index in [0.29, 0.717) is 42.1 Å². The molecule has 0 bridgehead atoms. The summed E-state index contributed by atoms with van der Waals surface area (Å²) in [6.07, 6.45) is 0.877. The highest BCUT2D eigenvalue weighted by molar-refractivity contribution is 6.04. The lowest BCUT2D eigenvalue weighted by Gasteiger charge is -2.42. The van der Waals surface area contributed by atoms with E-state index in [-0.39, 0.29) is 48.8 Å². The van der Waals surface area contributed by atoms with Crippen molar-refractivity contribution in [3.8, 4) is 16.9 Å². The van der Waals surface area contributed by atoms with Crippen molar-refractivity contribution in [2.75, 3.05) is 19.0 Å². The third kappa shape index (κ3) is 6.50. The van der Waals surface area contributed by atoms with Crippen molar-refractivity contribution in [3.05, 3.63) is 101 Å². The second-order valence-electron chi connectivity index (χ2n) is 11.2. The number of fused-ring (bicyclic) bond motifs is 2. The topological polar surface area (TPSA) is 123 Å². The predicted octanol–water partition coefficient (Wildman–Crippen LogP) is 4.99. The number of anilines is 1. The van der Waals surface area contributed by atoms with Crippen molar-refractivity contribution in [3.63, 3.8) is 0 Å². The molecule has 0 aliphatic carbocycles. The zero-order chi connectivity index (χ0) is 30.6. The summed E-state index contributed by atoms with van der Waals surface area (Å²) in [5, 5.41) is 9.49. The first kappa shape index (κ1) is 29.1. The lowest BCUT2D eigenvalue weighted by Crippen LogP contribution is -2.53. The molecule has 3 atom stereocenters. The molecule has 1 fully saturated rings. The van der Waals surface area contributed by atoms with E-state index in [0.717, 1.165) is 16.7 Å². The summed E-state index contributed by atoms with van der Waals surface area (Å²) in [7, 11) is 1.75. The standard InChI is InChI=1S/C34H34N4O6/c1-21-16-28(37-44-21)33(40)36-25-12-15-30-27(17-25)34(41)38(2)29-14-13-26(43-31(29)20-42-30)18-32(39)35-19-22-8-10-24(11-9-22)23-6-4-3-5-7-23/h3-12,15-17,26,29,31H,13-14,18-20H2,1-2H3,(H,35,39)(H,36,40)/t26-,29-,31-/m1/s1. The van der Waals surface area contributed by atoms with Gasteiger partial charge in [0, 0.05) is 25.3 Å². The number of nitrogens with one attached hydrogen (secondary N) is 2. The average Bonchev–Trinajstić information content (AvgIpc) is 3.49. The van der Waals surface area contributed by atoms with Crippen LogP contribution in [0.1, 0.15) is 51.4 Å². The fraction of sp³-hybridized carbons (Fsp3) is 0.294. The van der Waals surface area contributed by atoms with E-state index in [1.54, 1.807) is 37.1 Å². The van der Waals surface area contributed by atoms with Gasteiger partial charge in [-0.1, -0.05) is 59.8 Å². The molecule has 4 aromatic rings. The van der Waals surface area contributed by atoms with Crippen LogP contribution in [0.15, 0.2) is 83.4 Å². The third-order valence-electron chi connectivity index (χ3n) is 8.09. The summed E-state index contributed by atoms with van der Waals surface area (Å²) in [6, 6.07) is 24.6. The van der Waals surface area contributed by atoms with Crippen LogP contribution < -0.4 is 15.4 Å². The largest absolute Gasteiger partial charge is 0.490 e. The average molecular weight is 595 g/mol. The molecular formula is C34H34N4O6. The first-order valence-corrected chi connectivity index (χ1v) is 14.7. The van der Waals surface area contributed by atoms with Gasteiger partial charge in [0.25, 0.3) is 11.8 Å². The summed E-state index contributed by atoms with van der Waals surface area (Å²) in [5.41, 5.74) is 4.23. The van der Waals surface area contributed by atoms with Gasteiger partial charge in [0.1, 0.15) is 24.2 Å². The molecule has 2 N–H and O–H groups in total. The second-order valence-corrected chi connectivity index (χ2v) is 11.2. The van der Waals surface area contributed by atoms with E-state index < -0.39 is 5.91 Å². The Balaban J connectivity index is 1.04. The number of hydrogen-bond donors (Lipinski definition) is 2. The molecule has 2 aliphatic heterocycles. The van der Waals surface area contributed by atoms with Crippen molar-refractivity contribution in [2.45, 2.75) is 51.0 Å². The van der Waals surface area contributed by atoms with Crippen LogP contribution >= 0.6 is 0 Å². The smallest absolute Gasteiger partial charge is 0.277 e. The van der Waals surface area contributed by atoms with Crippen LogP contribution in [0.5, 0.6) is 5.75 Å². The van der Waals surface area contributed by atoms with Crippen LogP contribution in [0.2, 0.25) is 0 Å². The number of aromatic nitrogens is 1. The molecule has 10 nitrogen and oxygen atoms in total. The van der Waals surface area contributed by atoms with Crippen LogP contribution in [0.4, 0.5) is 5.69 Å². The molecule has 226 valence electrons. The molecule has 10 heteroatoms. The van der Waals surface area contributed by atoms with Crippen molar-refractivity contribution in [1.82, 2.24) is 15.4 Å². The van der Waals surface area contributed by atoms with Gasteiger partial charge in [-0.3, -0.25) is 14.4 Å². The van der Waals surface area contributed by atoms with E-state index in [4.69, 9.17) is 14.0 Å². The van der Waals surface area contributed by atoms with Crippen molar-refractivity contribution >= 4 is 23.4 Å². The minimum absolute atomic E-state index is 0.0857. The van der Waals surface area contributed by atoms with E-state index in [1.807, 2.05) is 30.3 Å². The highest BCUT2D eigenvalue weighted by Crippen LogP contribution is 2.32. The number of hydrogen-bond acceptors (Lipinski definition) is 7. The molecule has 6 rings (SSSR count). The van der Waals surface area contributed by atoms with E-state index in [2.05, 4.69) is 40.1 Å². The molecule has 3 amide bonds. The number of carbonyl (C=O) groups excluding carboxylic acids is 3. The molecule has 0 unspecified atom stereocenters. The van der Waals surface area contributed by atoms with Crippen molar-refractivity contribution in [2.24, 2.45) is 0 Å². The van der Waals surface area contributed by atoms with Gasteiger partial charge in [0.2, 0.25) is 5.91 Å². The molecule has 3 aromatic carbocycles. The van der Waals surface area contributed by atoms with Crippen molar-refractivity contribution < 1.29 is 28.4 Å². The normalized spacial score (nSPS) is 19.5. The fourth-order valence-corrected chi connectivity index (χ4v) is 5.70. The van der Waals surface area contributed by atoms with Gasteiger partial charge in [-0.05, 0) is 54.7 Å². The van der Waals surface area contributed by atoms with E-state index in [9.17, 15) is 14.4 Å². The van der Waals surface area contributed by atoms with Gasteiger partial charge >= 0.3 is 0 Å². The molecule has 0 radical (unpaired) electrons. The summed E-state index contributed by atoms with van der Waals surface area (Å²) in [4.78, 5) is 40.5. The fourth-order valence-electron chi connectivity index (χ4n) is 5.70. The summed E-state index contributed by atoms with van der Waals surface area (Å²) < 4.78 is 17.3. The SMILES string of the molecule is Cc1cc(C(=O)Nc2ccc3c(c2)C(=O)N(C)[C@@H]2CC[C@H](CC(=O)NCc4ccc(-c5ccccc5)cc4)O[C@@H]2CO3)no1. The Morgan fingerprint density at radius 3 is 2.50 bits per heavy atom. The summed E-state index contributed by atoms with van der Waals surface area (Å²) in [6.45, 7) is 2.36. The molecule has 1 saturated heterocycles. The Hall–Kier alpha value is -4.96. The third-order valence-corrected chi connectivity index (χ3v) is 8.09. The maximum Gasteiger partial charge on any atom is 0.277 e. The Morgan fingerprint density at radius 1 is 0.977 bits per heavy atom. The molecule has 3 heterocycles. The van der Waals surface area contributed by atoms with Gasteiger partial charge in [0.15, 0.2) is 5.69 Å². The number of ether oxygens (including phenoxy) is 2. The lowest BCUT2D eigenvalue weighted by atomic mass is 9.94. The monoisotopic (exact) mass is 594 g/mol. The van der Waals surface area contributed by atoms with Gasteiger partial charge in [-0.25, -0.2) is 0 Å². The minimum Gasteiger partial charge on any atom is -0.490 e. The number of benzene rings is 3. The molecule has 1 aromatic heterocycles. The zero-order valence-corrected chi connectivity index (χ0v) is 24.6. The second kappa shape index (κ2) is 12.7. The van der Waals surface area contributed by atoms with E-state index in [1.165, 1.54) is 6.07 Å². The van der Waals surface area contributed by atoms with E-state index >= 15 is 0 Å². The molecule has 2 aliphatic rings. The first-order valence-electron chi connectivity index (χ1n) is 14.7. The number of likely N-dealkylation sites (N-methyl/N-ethyl adjacent to an activating group) is 1. The highest BCUT2D eigenvalue weighted by Gasteiger charge is 2.39. The number of aryl methyl sites for hydroxylation is 1. The summed E-state index contributed by atoms with van der Waals surface area (Å²) >= 11 is 0. The van der Waals surface area contributed by atoms with Gasteiger partial charge < -0.3 is 29.5 Å². The molecule has 0 saturated carbocycles. The Labute approximate surface area is 255 Å². The Morgan fingerprint density at radius 2 is 1.75 bits per heavy atom. The Kier molecular flexibility index (Phi) is 8.42. The highest BCUT2D eigenvalue weighted by atomic mass is 16.5.